The Morgan fingerprint density at radius 1 is 0.967 bits per heavy atom. The van der Waals surface area contributed by atoms with Crippen LogP contribution < -0.4 is 5.32 Å². The van der Waals surface area contributed by atoms with Crippen LogP contribution in [0.15, 0.2) is 54.6 Å². The topological polar surface area (TPSA) is 54.9 Å². The molecule has 2 aromatic heterocycles. The fourth-order valence-electron chi connectivity index (χ4n) is 3.01. The van der Waals surface area contributed by atoms with Crippen LogP contribution in [0.2, 0.25) is 0 Å². The summed E-state index contributed by atoms with van der Waals surface area (Å²) in [7, 11) is 0. The molecule has 0 radical (unpaired) electrons. The molecule has 2 heterocycles. The molecular weight excluding hydrogens is 411 g/mol. The minimum atomic E-state index is -4.55. The molecule has 0 fully saturated rings. The fourth-order valence-corrected chi connectivity index (χ4v) is 4.08. The van der Waals surface area contributed by atoms with Crippen LogP contribution in [0, 0.1) is 13.8 Å². The molecule has 1 amide bonds. The number of pyridine rings is 1. The first-order valence-corrected chi connectivity index (χ1v) is 9.86. The number of benzene rings is 2. The van der Waals surface area contributed by atoms with E-state index in [9.17, 15) is 18.0 Å². The molecule has 0 bridgehead atoms. The Balaban J connectivity index is 1.52. The number of halogens is 3. The van der Waals surface area contributed by atoms with Crippen molar-refractivity contribution in [3.05, 3.63) is 77.1 Å². The van der Waals surface area contributed by atoms with E-state index in [0.29, 0.717) is 5.69 Å². The number of nitrogens with one attached hydrogen (secondary N) is 1. The van der Waals surface area contributed by atoms with Gasteiger partial charge in [-0.25, -0.2) is 9.97 Å². The summed E-state index contributed by atoms with van der Waals surface area (Å²) in [5, 5.41) is 3.56. The number of aromatic nitrogens is 2. The summed E-state index contributed by atoms with van der Waals surface area (Å²) in [4.78, 5) is 20.6. The molecule has 0 aliphatic rings. The number of thiazole rings is 1. The Bertz CT molecular complexity index is 1250. The second-order valence-corrected chi connectivity index (χ2v) is 7.88. The third kappa shape index (κ3) is 4.04. The van der Waals surface area contributed by atoms with Crippen LogP contribution in [0.1, 0.15) is 27.3 Å². The van der Waals surface area contributed by atoms with Gasteiger partial charge in [-0.3, -0.25) is 4.79 Å². The van der Waals surface area contributed by atoms with E-state index in [2.05, 4.69) is 21.4 Å². The van der Waals surface area contributed by atoms with Gasteiger partial charge in [-0.05, 0) is 67.9 Å². The Morgan fingerprint density at radius 2 is 1.70 bits per heavy atom. The lowest BCUT2D eigenvalue weighted by Crippen LogP contribution is -2.16. The van der Waals surface area contributed by atoms with E-state index in [0.717, 1.165) is 32.9 Å². The van der Waals surface area contributed by atoms with Gasteiger partial charge in [0.05, 0.1) is 21.5 Å². The molecule has 1 N–H and O–H groups in total. The first kappa shape index (κ1) is 20.0. The number of nitrogens with zero attached hydrogens (tertiary/aromatic N) is 2. The maximum atomic E-state index is 12.7. The number of amides is 1. The number of rotatable bonds is 3. The van der Waals surface area contributed by atoms with Gasteiger partial charge >= 0.3 is 6.18 Å². The molecule has 0 aliphatic heterocycles. The van der Waals surface area contributed by atoms with Crippen LogP contribution in [0.5, 0.6) is 0 Å². The first-order valence-electron chi connectivity index (χ1n) is 9.04. The Labute approximate surface area is 174 Å². The SMILES string of the molecule is Cc1ccc2nc(-c3ccc(NC(=O)c4ccc(C(F)(F)F)nc4C)cc3)sc2c1. The van der Waals surface area contributed by atoms with Crippen molar-refractivity contribution in [2.75, 3.05) is 5.32 Å². The highest BCUT2D eigenvalue weighted by molar-refractivity contribution is 7.21. The maximum Gasteiger partial charge on any atom is 0.433 e. The number of anilines is 1. The van der Waals surface area contributed by atoms with Crippen molar-refractivity contribution in [1.82, 2.24) is 9.97 Å². The van der Waals surface area contributed by atoms with Crippen LogP contribution in [0.3, 0.4) is 0 Å². The molecule has 0 saturated carbocycles. The van der Waals surface area contributed by atoms with Crippen LogP contribution >= 0.6 is 11.3 Å². The van der Waals surface area contributed by atoms with Crippen molar-refractivity contribution in [2.24, 2.45) is 0 Å². The number of aryl methyl sites for hydroxylation is 2. The van der Waals surface area contributed by atoms with Gasteiger partial charge < -0.3 is 5.32 Å². The van der Waals surface area contributed by atoms with Gasteiger partial charge in [-0.1, -0.05) is 6.07 Å². The lowest BCUT2D eigenvalue weighted by Gasteiger charge is -2.10. The van der Waals surface area contributed by atoms with Gasteiger partial charge in [0.1, 0.15) is 10.7 Å². The van der Waals surface area contributed by atoms with Gasteiger partial charge in [-0.15, -0.1) is 11.3 Å². The van der Waals surface area contributed by atoms with Gasteiger partial charge in [0.25, 0.3) is 5.91 Å². The summed E-state index contributed by atoms with van der Waals surface area (Å²) in [6.45, 7) is 3.41. The van der Waals surface area contributed by atoms with E-state index in [1.807, 2.05) is 31.2 Å². The van der Waals surface area contributed by atoms with Crippen LogP contribution in [-0.4, -0.2) is 15.9 Å². The molecule has 4 aromatic rings. The van der Waals surface area contributed by atoms with Crippen molar-refractivity contribution in [3.63, 3.8) is 0 Å². The van der Waals surface area contributed by atoms with Crippen LogP contribution in [0.4, 0.5) is 18.9 Å². The van der Waals surface area contributed by atoms with E-state index >= 15 is 0 Å². The highest BCUT2D eigenvalue weighted by atomic mass is 32.1. The van der Waals surface area contributed by atoms with Crippen molar-refractivity contribution in [2.45, 2.75) is 20.0 Å². The van der Waals surface area contributed by atoms with Crippen molar-refractivity contribution in [3.8, 4) is 10.6 Å². The van der Waals surface area contributed by atoms with Gasteiger partial charge in [-0.2, -0.15) is 13.2 Å². The van der Waals surface area contributed by atoms with Gasteiger partial charge in [0.15, 0.2) is 0 Å². The smallest absolute Gasteiger partial charge is 0.322 e. The normalized spacial score (nSPS) is 11.6. The van der Waals surface area contributed by atoms with Gasteiger partial charge in [0, 0.05) is 11.3 Å². The zero-order valence-electron chi connectivity index (χ0n) is 16.0. The zero-order chi connectivity index (χ0) is 21.5. The summed E-state index contributed by atoms with van der Waals surface area (Å²) in [5.41, 5.74) is 2.63. The summed E-state index contributed by atoms with van der Waals surface area (Å²) < 4.78 is 39.3. The molecule has 30 heavy (non-hydrogen) atoms. The quantitative estimate of drug-likeness (QED) is 0.421. The highest BCUT2D eigenvalue weighted by Crippen LogP contribution is 2.31. The maximum absolute atomic E-state index is 12.7. The van der Waals surface area contributed by atoms with Crippen LogP contribution in [-0.2, 0) is 6.18 Å². The minimum absolute atomic E-state index is 0.0173. The van der Waals surface area contributed by atoms with Gasteiger partial charge in [0.2, 0.25) is 0 Å². The second kappa shape index (κ2) is 7.53. The lowest BCUT2D eigenvalue weighted by molar-refractivity contribution is -0.141. The van der Waals surface area contributed by atoms with E-state index in [1.165, 1.54) is 12.5 Å². The van der Waals surface area contributed by atoms with E-state index in [1.54, 1.807) is 23.5 Å². The fraction of sp³-hybridized carbons (Fsp3) is 0.136. The standard InChI is InChI=1S/C22H16F3N3OS/c1-12-3-9-17-18(11-12)30-21(28-17)14-4-6-15(7-5-14)27-20(29)16-8-10-19(22(23,24)25)26-13(16)2/h3-11H,1-2H3,(H,27,29). The summed E-state index contributed by atoms with van der Waals surface area (Å²) >= 11 is 1.59. The predicted molar refractivity (Wildman–Crippen MR) is 112 cm³/mol. The number of hydrogen-bond donors (Lipinski definition) is 1. The average molecular weight is 427 g/mol. The molecule has 0 aliphatic carbocycles. The number of hydrogen-bond acceptors (Lipinski definition) is 4. The first-order chi connectivity index (χ1) is 14.2. The third-order valence-corrected chi connectivity index (χ3v) is 5.62. The predicted octanol–water partition coefficient (Wildman–Crippen LogP) is 6.25. The lowest BCUT2D eigenvalue weighted by atomic mass is 10.1. The van der Waals surface area contributed by atoms with Crippen molar-refractivity contribution < 1.29 is 18.0 Å². The minimum Gasteiger partial charge on any atom is -0.322 e. The van der Waals surface area contributed by atoms with Crippen molar-refractivity contribution >= 4 is 33.1 Å². The second-order valence-electron chi connectivity index (χ2n) is 6.85. The monoisotopic (exact) mass is 427 g/mol. The largest absolute Gasteiger partial charge is 0.433 e. The Morgan fingerprint density at radius 3 is 2.37 bits per heavy atom. The van der Waals surface area contributed by atoms with E-state index in [-0.39, 0.29) is 11.3 Å². The summed E-state index contributed by atoms with van der Waals surface area (Å²) in [5.74, 6) is -0.517. The Kier molecular flexibility index (Phi) is 5.03. The number of carbonyl (C=O) groups excluding carboxylic acids is 1. The molecule has 0 unspecified atom stereocenters. The molecule has 2 aromatic carbocycles. The molecule has 0 atom stereocenters. The molecule has 152 valence electrons. The number of fused-ring (bicyclic) bond motifs is 1. The Hall–Kier alpha value is -3.26. The average Bonchev–Trinajstić information content (AvgIpc) is 3.10. The zero-order valence-corrected chi connectivity index (χ0v) is 16.9. The molecule has 4 rings (SSSR count). The molecular formula is C22H16F3N3OS. The summed E-state index contributed by atoms with van der Waals surface area (Å²) in [6, 6.07) is 15.2. The van der Waals surface area contributed by atoms with E-state index in [4.69, 9.17) is 0 Å². The molecule has 8 heteroatoms. The molecule has 0 saturated heterocycles. The van der Waals surface area contributed by atoms with E-state index < -0.39 is 17.8 Å². The van der Waals surface area contributed by atoms with Crippen LogP contribution in [0.25, 0.3) is 20.8 Å². The third-order valence-electron chi connectivity index (χ3n) is 4.55. The summed E-state index contributed by atoms with van der Waals surface area (Å²) in [6.07, 6.45) is -4.55. The number of carbonyl (C=O) groups is 1. The van der Waals surface area contributed by atoms with Crippen molar-refractivity contribution in [1.29, 1.82) is 0 Å². The number of alkyl halides is 3. The molecule has 0 spiro atoms. The highest BCUT2D eigenvalue weighted by Gasteiger charge is 2.33. The molecule has 4 nitrogen and oxygen atoms in total.